The fraction of sp³-hybridized carbons (Fsp3) is 0.409. The molecule has 6 nitrogen and oxygen atoms in total. The van der Waals surface area contributed by atoms with Crippen LogP contribution in [-0.2, 0) is 17.6 Å². The van der Waals surface area contributed by atoms with Crippen LogP contribution in [0.3, 0.4) is 0 Å². The maximum absolute atomic E-state index is 12.2. The highest BCUT2D eigenvalue weighted by atomic mass is 16.5. The molecule has 0 fully saturated rings. The monoisotopic (exact) mass is 387 g/mol. The Morgan fingerprint density at radius 3 is 2.14 bits per heavy atom. The Balaban J connectivity index is 1.86. The first-order valence-corrected chi connectivity index (χ1v) is 9.67. The van der Waals surface area contributed by atoms with Crippen molar-refractivity contribution in [3.63, 3.8) is 0 Å². The van der Waals surface area contributed by atoms with Crippen molar-refractivity contribution in [3.05, 3.63) is 47.5 Å². The van der Waals surface area contributed by atoms with Gasteiger partial charge in [-0.3, -0.25) is 4.79 Å². The molecule has 0 saturated heterocycles. The van der Waals surface area contributed by atoms with E-state index in [1.807, 2.05) is 39.0 Å². The van der Waals surface area contributed by atoms with Crippen LogP contribution < -0.4 is 19.5 Å². The minimum atomic E-state index is -0.0977. The van der Waals surface area contributed by atoms with Gasteiger partial charge in [0.1, 0.15) is 0 Å². The summed E-state index contributed by atoms with van der Waals surface area (Å²) in [6.07, 6.45) is 0.889. The summed E-state index contributed by atoms with van der Waals surface area (Å²) in [6, 6.07) is 10.8. The van der Waals surface area contributed by atoms with Crippen LogP contribution in [0.2, 0.25) is 0 Å². The van der Waals surface area contributed by atoms with E-state index < -0.39 is 0 Å². The van der Waals surface area contributed by atoms with Crippen molar-refractivity contribution < 1.29 is 24.1 Å². The maximum Gasteiger partial charge on any atom is 0.224 e. The first-order chi connectivity index (χ1) is 13.6. The first kappa shape index (κ1) is 21.4. The van der Waals surface area contributed by atoms with Gasteiger partial charge in [0, 0.05) is 6.54 Å². The number of amides is 1. The molecule has 0 aromatic heterocycles. The topological polar surface area (TPSA) is 77.0 Å². The molecule has 0 bridgehead atoms. The molecule has 152 valence electrons. The molecule has 2 aromatic rings. The molecule has 2 aromatic carbocycles. The lowest BCUT2D eigenvalue weighted by atomic mass is 10.1. The molecule has 0 aliphatic heterocycles. The maximum atomic E-state index is 12.2. The number of nitrogens with one attached hydrogen (secondary N) is 1. The minimum absolute atomic E-state index is 0.0463. The molecule has 0 saturated carbocycles. The Labute approximate surface area is 166 Å². The van der Waals surface area contributed by atoms with Gasteiger partial charge in [-0.15, -0.1) is 0 Å². The lowest BCUT2D eigenvalue weighted by molar-refractivity contribution is -0.120. The van der Waals surface area contributed by atoms with E-state index in [1.54, 1.807) is 18.2 Å². The van der Waals surface area contributed by atoms with Crippen molar-refractivity contribution >= 4 is 5.91 Å². The summed E-state index contributed by atoms with van der Waals surface area (Å²) in [5, 5.41) is 12.8. The highest BCUT2D eigenvalue weighted by Crippen LogP contribution is 2.29. The summed E-state index contributed by atoms with van der Waals surface area (Å²) in [5.74, 6) is 1.82. The highest BCUT2D eigenvalue weighted by Gasteiger charge is 2.09. The zero-order valence-electron chi connectivity index (χ0n) is 16.8. The van der Waals surface area contributed by atoms with Crippen LogP contribution in [0.1, 0.15) is 31.9 Å². The van der Waals surface area contributed by atoms with Crippen molar-refractivity contribution in [2.45, 2.75) is 33.6 Å². The Hall–Kier alpha value is -2.89. The summed E-state index contributed by atoms with van der Waals surface area (Å²) in [6.45, 7) is 7.85. The predicted molar refractivity (Wildman–Crippen MR) is 108 cm³/mol. The molecule has 1 amide bonds. The van der Waals surface area contributed by atoms with E-state index in [-0.39, 0.29) is 18.1 Å². The average molecular weight is 387 g/mol. The van der Waals surface area contributed by atoms with E-state index >= 15 is 0 Å². The van der Waals surface area contributed by atoms with Gasteiger partial charge in [0.05, 0.1) is 26.2 Å². The summed E-state index contributed by atoms with van der Waals surface area (Å²) in [4.78, 5) is 12.2. The lowest BCUT2D eigenvalue weighted by Gasteiger charge is -2.13. The number of aromatic hydroxyl groups is 1. The fourth-order valence-electron chi connectivity index (χ4n) is 2.80. The van der Waals surface area contributed by atoms with Crippen LogP contribution >= 0.6 is 0 Å². The van der Waals surface area contributed by atoms with Crippen LogP contribution in [0.25, 0.3) is 0 Å². The van der Waals surface area contributed by atoms with Crippen molar-refractivity contribution in [1.29, 1.82) is 0 Å². The number of carbonyl (C=O) groups excluding carboxylic acids is 1. The molecule has 0 atom stereocenters. The van der Waals surface area contributed by atoms with Crippen molar-refractivity contribution in [2.24, 2.45) is 0 Å². The first-order valence-electron chi connectivity index (χ1n) is 9.67. The Morgan fingerprint density at radius 1 is 0.857 bits per heavy atom. The van der Waals surface area contributed by atoms with Gasteiger partial charge >= 0.3 is 0 Å². The van der Waals surface area contributed by atoms with Gasteiger partial charge in [-0.25, -0.2) is 0 Å². The van der Waals surface area contributed by atoms with Crippen LogP contribution in [0, 0.1) is 0 Å². The Morgan fingerprint density at radius 2 is 1.46 bits per heavy atom. The number of benzene rings is 2. The molecule has 0 unspecified atom stereocenters. The van der Waals surface area contributed by atoms with Gasteiger partial charge in [-0.05, 0) is 62.6 Å². The minimum Gasteiger partial charge on any atom is -0.504 e. The van der Waals surface area contributed by atoms with E-state index in [2.05, 4.69) is 5.32 Å². The fourth-order valence-corrected chi connectivity index (χ4v) is 2.80. The molecule has 6 heteroatoms. The van der Waals surface area contributed by atoms with Gasteiger partial charge in [0.15, 0.2) is 23.0 Å². The number of hydrogen-bond acceptors (Lipinski definition) is 5. The zero-order valence-corrected chi connectivity index (χ0v) is 16.8. The number of phenolic OH excluding ortho intramolecular Hbond substituents is 1. The highest BCUT2D eigenvalue weighted by molar-refractivity contribution is 5.78. The Kier molecular flexibility index (Phi) is 8.46. The molecule has 28 heavy (non-hydrogen) atoms. The van der Waals surface area contributed by atoms with E-state index in [1.165, 1.54) is 0 Å². The molecule has 0 heterocycles. The molecular formula is C22H29NO5. The van der Waals surface area contributed by atoms with Gasteiger partial charge < -0.3 is 24.6 Å². The van der Waals surface area contributed by atoms with Gasteiger partial charge in [0.25, 0.3) is 0 Å². The molecular weight excluding hydrogens is 358 g/mol. The second kappa shape index (κ2) is 11.1. The van der Waals surface area contributed by atoms with Crippen molar-refractivity contribution in [1.82, 2.24) is 5.32 Å². The quantitative estimate of drug-likeness (QED) is 0.617. The largest absolute Gasteiger partial charge is 0.504 e. The molecule has 0 spiro atoms. The Bertz CT molecular complexity index is 776. The molecule has 0 radical (unpaired) electrons. The standard InChI is InChI=1S/C22H29NO5/c1-4-26-19-9-8-17(13-18(19)24)15-22(25)23-12-11-16-7-10-20(27-5-2)21(14-16)28-6-3/h7-10,13-14,24H,4-6,11-12,15H2,1-3H3,(H,23,25). The summed E-state index contributed by atoms with van der Waals surface area (Å²) >= 11 is 0. The zero-order chi connectivity index (χ0) is 20.4. The molecule has 2 rings (SSSR count). The average Bonchev–Trinajstić information content (AvgIpc) is 2.66. The lowest BCUT2D eigenvalue weighted by Crippen LogP contribution is -2.27. The third kappa shape index (κ3) is 6.37. The number of ether oxygens (including phenoxy) is 3. The van der Waals surface area contributed by atoms with E-state index in [9.17, 15) is 9.90 Å². The van der Waals surface area contributed by atoms with Crippen molar-refractivity contribution in [2.75, 3.05) is 26.4 Å². The number of hydrogen-bond donors (Lipinski definition) is 2. The third-order valence-electron chi connectivity index (χ3n) is 4.03. The third-order valence-corrected chi connectivity index (χ3v) is 4.03. The summed E-state index contributed by atoms with van der Waals surface area (Å²) < 4.78 is 16.5. The second-order valence-electron chi connectivity index (χ2n) is 6.16. The second-order valence-corrected chi connectivity index (χ2v) is 6.16. The molecule has 2 N–H and O–H groups in total. The SMILES string of the molecule is CCOc1ccc(CC(=O)NCCc2ccc(OCC)c(OCC)c2)cc1O. The van der Waals surface area contributed by atoms with Gasteiger partial charge in [-0.2, -0.15) is 0 Å². The molecule has 0 aliphatic rings. The molecule has 0 aliphatic carbocycles. The van der Waals surface area contributed by atoms with Crippen LogP contribution in [0.5, 0.6) is 23.0 Å². The van der Waals surface area contributed by atoms with E-state index in [0.717, 1.165) is 22.6 Å². The van der Waals surface area contributed by atoms with Crippen LogP contribution in [0.4, 0.5) is 0 Å². The van der Waals surface area contributed by atoms with Crippen LogP contribution in [0.15, 0.2) is 36.4 Å². The van der Waals surface area contributed by atoms with Crippen molar-refractivity contribution in [3.8, 4) is 23.0 Å². The number of phenols is 1. The predicted octanol–water partition coefficient (Wildman–Crippen LogP) is 3.49. The number of carbonyl (C=O) groups is 1. The smallest absolute Gasteiger partial charge is 0.224 e. The number of rotatable bonds is 11. The van der Waals surface area contributed by atoms with Gasteiger partial charge in [0.2, 0.25) is 5.91 Å². The van der Waals surface area contributed by atoms with Gasteiger partial charge in [-0.1, -0.05) is 12.1 Å². The van der Waals surface area contributed by atoms with E-state index in [4.69, 9.17) is 14.2 Å². The summed E-state index contributed by atoms with van der Waals surface area (Å²) in [7, 11) is 0. The van der Waals surface area contributed by atoms with E-state index in [0.29, 0.717) is 38.5 Å². The normalized spacial score (nSPS) is 10.4. The van der Waals surface area contributed by atoms with Crippen LogP contribution in [-0.4, -0.2) is 37.4 Å². The summed E-state index contributed by atoms with van der Waals surface area (Å²) in [5.41, 5.74) is 1.80.